The van der Waals surface area contributed by atoms with Gasteiger partial charge in [-0.1, -0.05) is 0 Å². The van der Waals surface area contributed by atoms with Gasteiger partial charge >= 0.3 is 12.1 Å². The zero-order valence-electron chi connectivity index (χ0n) is 14.9. The van der Waals surface area contributed by atoms with Gasteiger partial charge in [0.25, 0.3) is 0 Å². The zero-order valence-corrected chi connectivity index (χ0v) is 14.9. The second kappa shape index (κ2) is 6.48. The van der Waals surface area contributed by atoms with E-state index < -0.39 is 23.4 Å². The lowest BCUT2D eigenvalue weighted by atomic mass is 9.78. The highest BCUT2D eigenvalue weighted by atomic mass is 16.6. The van der Waals surface area contributed by atoms with E-state index in [4.69, 9.17) is 9.47 Å². The third-order valence-corrected chi connectivity index (χ3v) is 5.09. The molecule has 2 bridgehead atoms. The molecule has 3 aliphatic rings. The second-order valence-electron chi connectivity index (χ2n) is 7.97. The van der Waals surface area contributed by atoms with E-state index in [0.29, 0.717) is 32.6 Å². The summed E-state index contributed by atoms with van der Waals surface area (Å²) < 4.78 is 11.0. The first-order chi connectivity index (χ1) is 11.7. The Balaban J connectivity index is 1.59. The molecule has 2 unspecified atom stereocenters. The molecule has 25 heavy (non-hydrogen) atoms. The third kappa shape index (κ3) is 3.58. The Morgan fingerprint density at radius 3 is 2.00 bits per heavy atom. The molecule has 4 atom stereocenters. The van der Waals surface area contributed by atoms with Crippen molar-refractivity contribution in [2.75, 3.05) is 26.2 Å². The Hall–Kier alpha value is -1.83. The molecule has 140 valence electrons. The number of amides is 2. The summed E-state index contributed by atoms with van der Waals surface area (Å²) >= 11 is 0. The highest BCUT2D eigenvalue weighted by Crippen LogP contribution is 2.44. The van der Waals surface area contributed by atoms with Crippen molar-refractivity contribution in [1.82, 2.24) is 9.80 Å². The minimum absolute atomic E-state index is 0.163. The maximum absolute atomic E-state index is 12.9. The lowest BCUT2D eigenvalue weighted by molar-refractivity contribution is -0.151. The summed E-state index contributed by atoms with van der Waals surface area (Å²) in [5.74, 6) is -2.49. The van der Waals surface area contributed by atoms with E-state index in [0.717, 1.165) is 6.42 Å². The van der Waals surface area contributed by atoms with Crippen LogP contribution in [0.25, 0.3) is 0 Å². The van der Waals surface area contributed by atoms with Crippen LogP contribution in [-0.4, -0.2) is 76.9 Å². The summed E-state index contributed by atoms with van der Waals surface area (Å²) in [5, 5.41) is 9.46. The van der Waals surface area contributed by atoms with E-state index in [1.807, 2.05) is 20.8 Å². The number of carbonyl (C=O) groups is 3. The molecule has 0 aromatic rings. The van der Waals surface area contributed by atoms with Crippen molar-refractivity contribution in [1.29, 1.82) is 0 Å². The zero-order chi connectivity index (χ0) is 18.4. The van der Waals surface area contributed by atoms with Gasteiger partial charge in [-0.3, -0.25) is 9.59 Å². The van der Waals surface area contributed by atoms with Crippen LogP contribution < -0.4 is 0 Å². The number of piperazine rings is 1. The maximum Gasteiger partial charge on any atom is 0.410 e. The summed E-state index contributed by atoms with van der Waals surface area (Å²) in [7, 11) is 0. The molecule has 0 aromatic carbocycles. The van der Waals surface area contributed by atoms with Crippen molar-refractivity contribution in [2.45, 2.75) is 51.4 Å². The molecule has 3 rings (SSSR count). The SMILES string of the molecule is CC(C)(C)OC(=O)N1CCN(C(=O)C2C(C(=O)O)[C@H]3CC[C@@H]2O3)CC1. The normalized spacial score (nSPS) is 32.0. The van der Waals surface area contributed by atoms with E-state index >= 15 is 0 Å². The van der Waals surface area contributed by atoms with Gasteiger partial charge in [-0.15, -0.1) is 0 Å². The molecule has 3 heterocycles. The molecule has 1 N–H and O–H groups in total. The molecular weight excluding hydrogens is 328 g/mol. The Kier molecular flexibility index (Phi) is 4.66. The number of rotatable bonds is 2. The predicted molar refractivity (Wildman–Crippen MR) is 86.9 cm³/mol. The molecule has 3 fully saturated rings. The smallest absolute Gasteiger partial charge is 0.410 e. The maximum atomic E-state index is 12.9. The van der Waals surface area contributed by atoms with Crippen LogP contribution in [0, 0.1) is 11.8 Å². The molecule has 0 aliphatic carbocycles. The molecular formula is C17H26N2O6. The fraction of sp³-hybridized carbons (Fsp3) is 0.824. The van der Waals surface area contributed by atoms with Crippen LogP contribution in [0.2, 0.25) is 0 Å². The van der Waals surface area contributed by atoms with Crippen LogP contribution in [-0.2, 0) is 19.1 Å². The highest BCUT2D eigenvalue weighted by Gasteiger charge is 2.56. The molecule has 8 heteroatoms. The molecule has 3 aliphatic heterocycles. The van der Waals surface area contributed by atoms with Gasteiger partial charge in [-0.2, -0.15) is 0 Å². The summed E-state index contributed by atoms with van der Waals surface area (Å²) in [6, 6.07) is 0. The number of nitrogens with zero attached hydrogens (tertiary/aromatic N) is 2. The van der Waals surface area contributed by atoms with Crippen LogP contribution in [0.5, 0.6) is 0 Å². The van der Waals surface area contributed by atoms with Gasteiger partial charge in [0.2, 0.25) is 5.91 Å². The summed E-state index contributed by atoms with van der Waals surface area (Å²) in [6.45, 7) is 6.99. The largest absolute Gasteiger partial charge is 0.481 e. The van der Waals surface area contributed by atoms with Crippen LogP contribution in [0.3, 0.4) is 0 Å². The van der Waals surface area contributed by atoms with Gasteiger partial charge < -0.3 is 24.4 Å². The van der Waals surface area contributed by atoms with E-state index in [2.05, 4.69) is 0 Å². The second-order valence-corrected chi connectivity index (χ2v) is 7.97. The number of ether oxygens (including phenoxy) is 2. The molecule has 8 nitrogen and oxygen atoms in total. The van der Waals surface area contributed by atoms with Crippen LogP contribution in [0.4, 0.5) is 4.79 Å². The Bertz CT molecular complexity index is 564. The number of carboxylic acid groups (broad SMARTS) is 1. The van der Waals surface area contributed by atoms with Gasteiger partial charge in [0, 0.05) is 26.2 Å². The number of carboxylic acids is 1. The van der Waals surface area contributed by atoms with Gasteiger partial charge in [0.15, 0.2) is 0 Å². The van der Waals surface area contributed by atoms with Crippen molar-refractivity contribution >= 4 is 18.0 Å². The van der Waals surface area contributed by atoms with Gasteiger partial charge in [-0.25, -0.2) is 4.79 Å². The van der Waals surface area contributed by atoms with Crippen LogP contribution in [0.1, 0.15) is 33.6 Å². The minimum atomic E-state index is -0.960. The predicted octanol–water partition coefficient (Wildman–Crippen LogP) is 0.944. The first-order valence-electron chi connectivity index (χ1n) is 8.82. The molecule has 0 aromatic heterocycles. The Labute approximate surface area is 147 Å². The average Bonchev–Trinajstić information content (AvgIpc) is 3.13. The fourth-order valence-corrected chi connectivity index (χ4v) is 3.95. The lowest BCUT2D eigenvalue weighted by Crippen LogP contribution is -2.55. The monoisotopic (exact) mass is 354 g/mol. The number of aliphatic carboxylic acids is 1. The van der Waals surface area contributed by atoms with E-state index in [1.165, 1.54) is 0 Å². The van der Waals surface area contributed by atoms with Crippen molar-refractivity contribution in [2.24, 2.45) is 11.8 Å². The highest BCUT2D eigenvalue weighted by molar-refractivity contribution is 5.87. The van der Waals surface area contributed by atoms with Gasteiger partial charge in [0.05, 0.1) is 24.0 Å². The standard InChI is InChI=1S/C17H26N2O6/c1-17(2,3)25-16(23)19-8-6-18(7-9-19)14(20)12-10-4-5-11(24-10)13(12)15(21)22/h10-13H,4-9H2,1-3H3,(H,21,22)/t10-,11+,12?,13?/m0/s1. The molecule has 0 saturated carbocycles. The van der Waals surface area contributed by atoms with Crippen LogP contribution >= 0.6 is 0 Å². The van der Waals surface area contributed by atoms with Gasteiger partial charge in [-0.05, 0) is 33.6 Å². The number of carbonyl (C=O) groups excluding carboxylic acids is 2. The summed E-state index contributed by atoms with van der Waals surface area (Å²) in [4.78, 5) is 39.7. The number of fused-ring (bicyclic) bond motifs is 2. The third-order valence-electron chi connectivity index (χ3n) is 5.09. The minimum Gasteiger partial charge on any atom is -0.481 e. The van der Waals surface area contributed by atoms with E-state index in [1.54, 1.807) is 9.80 Å². The van der Waals surface area contributed by atoms with Crippen molar-refractivity contribution in [3.8, 4) is 0 Å². The quantitative estimate of drug-likeness (QED) is 0.793. The Morgan fingerprint density at radius 1 is 0.960 bits per heavy atom. The molecule has 0 spiro atoms. The van der Waals surface area contributed by atoms with Crippen LogP contribution in [0.15, 0.2) is 0 Å². The Morgan fingerprint density at radius 2 is 1.48 bits per heavy atom. The first kappa shape index (κ1) is 18.0. The number of hydrogen-bond donors (Lipinski definition) is 1. The molecule has 3 saturated heterocycles. The first-order valence-corrected chi connectivity index (χ1v) is 8.82. The summed E-state index contributed by atoms with van der Waals surface area (Å²) in [6.07, 6.45) is 0.425. The lowest BCUT2D eigenvalue weighted by Gasteiger charge is -2.38. The summed E-state index contributed by atoms with van der Waals surface area (Å²) in [5.41, 5.74) is -0.556. The van der Waals surface area contributed by atoms with Crippen molar-refractivity contribution in [3.05, 3.63) is 0 Å². The fourth-order valence-electron chi connectivity index (χ4n) is 3.95. The topological polar surface area (TPSA) is 96.4 Å². The van der Waals surface area contributed by atoms with Gasteiger partial charge in [0.1, 0.15) is 5.60 Å². The average molecular weight is 354 g/mol. The van der Waals surface area contributed by atoms with Crippen molar-refractivity contribution in [3.63, 3.8) is 0 Å². The molecule has 0 radical (unpaired) electrons. The van der Waals surface area contributed by atoms with E-state index in [-0.39, 0.29) is 24.2 Å². The molecule has 2 amide bonds. The van der Waals surface area contributed by atoms with E-state index in [9.17, 15) is 19.5 Å². The number of hydrogen-bond acceptors (Lipinski definition) is 5. The van der Waals surface area contributed by atoms with Crippen molar-refractivity contribution < 1.29 is 29.0 Å².